The summed E-state index contributed by atoms with van der Waals surface area (Å²) < 4.78 is 0. The normalized spacial score (nSPS) is 28.5. The van der Waals surface area contributed by atoms with Crippen molar-refractivity contribution in [1.29, 1.82) is 0 Å². The van der Waals surface area contributed by atoms with Crippen LogP contribution in [-0.2, 0) is 0 Å². The van der Waals surface area contributed by atoms with Gasteiger partial charge in [-0.25, -0.2) is 0 Å². The Morgan fingerprint density at radius 3 is 2.36 bits per heavy atom. The van der Waals surface area contributed by atoms with E-state index < -0.39 is 0 Å². The van der Waals surface area contributed by atoms with E-state index in [4.69, 9.17) is 4.99 Å². The van der Waals surface area contributed by atoms with Crippen LogP contribution in [0.4, 0.5) is 0 Å². The Morgan fingerprint density at radius 1 is 1.18 bits per heavy atom. The number of rotatable bonds is 7. The number of guanidine groups is 1. The van der Waals surface area contributed by atoms with E-state index in [0.717, 1.165) is 25.0 Å². The van der Waals surface area contributed by atoms with Crippen LogP contribution < -0.4 is 10.6 Å². The highest BCUT2D eigenvalue weighted by Gasteiger charge is 2.33. The first kappa shape index (κ1) is 17.5. The predicted molar refractivity (Wildman–Crippen MR) is 94.4 cm³/mol. The maximum absolute atomic E-state index is 4.78. The van der Waals surface area contributed by atoms with Gasteiger partial charge in [0.05, 0.1) is 0 Å². The zero-order chi connectivity index (χ0) is 15.9. The number of hydrogen-bond acceptors (Lipinski definition) is 3. The lowest BCUT2D eigenvalue weighted by Crippen LogP contribution is -2.47. The molecule has 5 heteroatoms. The molecule has 2 fully saturated rings. The number of aliphatic imine (C=N–C) groups is 1. The van der Waals surface area contributed by atoms with Gasteiger partial charge in [0.2, 0.25) is 0 Å². The fourth-order valence-corrected chi connectivity index (χ4v) is 3.05. The summed E-state index contributed by atoms with van der Waals surface area (Å²) in [5.41, 5.74) is 0. The van der Waals surface area contributed by atoms with E-state index in [1.807, 2.05) is 0 Å². The molecule has 22 heavy (non-hydrogen) atoms. The third kappa shape index (κ3) is 5.76. The highest BCUT2D eigenvalue weighted by Crippen LogP contribution is 2.28. The molecule has 0 radical (unpaired) electrons. The van der Waals surface area contributed by atoms with Crippen molar-refractivity contribution in [3.05, 3.63) is 0 Å². The summed E-state index contributed by atoms with van der Waals surface area (Å²) in [6.07, 6.45) is 1.28. The molecule has 0 bridgehead atoms. The van der Waals surface area contributed by atoms with Crippen molar-refractivity contribution >= 4 is 5.96 Å². The van der Waals surface area contributed by atoms with E-state index in [-0.39, 0.29) is 0 Å². The first-order chi connectivity index (χ1) is 10.6. The van der Waals surface area contributed by atoms with Crippen molar-refractivity contribution in [2.24, 2.45) is 16.8 Å². The Bertz CT molecular complexity index is 349. The lowest BCUT2D eigenvalue weighted by Gasteiger charge is -2.35. The van der Waals surface area contributed by atoms with E-state index >= 15 is 0 Å². The van der Waals surface area contributed by atoms with Crippen LogP contribution >= 0.6 is 0 Å². The highest BCUT2D eigenvalue weighted by molar-refractivity contribution is 5.80. The molecule has 5 nitrogen and oxygen atoms in total. The molecule has 0 aromatic heterocycles. The molecule has 2 rings (SSSR count). The third-order valence-corrected chi connectivity index (χ3v) is 4.82. The Morgan fingerprint density at radius 2 is 1.82 bits per heavy atom. The van der Waals surface area contributed by atoms with Gasteiger partial charge in [-0.15, -0.1) is 0 Å². The lowest BCUT2D eigenvalue weighted by atomic mass is 10.1. The molecule has 3 atom stereocenters. The van der Waals surface area contributed by atoms with E-state index in [1.54, 1.807) is 0 Å². The van der Waals surface area contributed by atoms with Gasteiger partial charge in [-0.2, -0.15) is 0 Å². The van der Waals surface area contributed by atoms with E-state index in [9.17, 15) is 0 Å². The van der Waals surface area contributed by atoms with Gasteiger partial charge in [-0.3, -0.25) is 4.99 Å². The first-order valence-corrected chi connectivity index (χ1v) is 9.11. The van der Waals surface area contributed by atoms with Gasteiger partial charge in [-0.1, -0.05) is 20.8 Å². The Hall–Kier alpha value is -0.810. The second-order valence-corrected chi connectivity index (χ2v) is 7.02. The fraction of sp³-hybridized carbons (Fsp3) is 0.941. The molecular weight excluding hydrogens is 274 g/mol. The van der Waals surface area contributed by atoms with Crippen LogP contribution in [0.2, 0.25) is 0 Å². The number of hydrogen-bond donors (Lipinski definition) is 2. The first-order valence-electron chi connectivity index (χ1n) is 9.11. The Kier molecular flexibility index (Phi) is 6.96. The molecular formula is C17H35N5. The van der Waals surface area contributed by atoms with E-state index in [1.165, 1.54) is 45.7 Å². The average Bonchev–Trinajstić information content (AvgIpc) is 3.21. The lowest BCUT2D eigenvalue weighted by molar-refractivity contribution is 0.125. The van der Waals surface area contributed by atoms with Crippen LogP contribution in [0.5, 0.6) is 0 Å². The minimum atomic E-state index is 0.611. The summed E-state index contributed by atoms with van der Waals surface area (Å²) in [6, 6.07) is 0.634. The van der Waals surface area contributed by atoms with Gasteiger partial charge in [0.15, 0.2) is 5.96 Å². The van der Waals surface area contributed by atoms with Crippen molar-refractivity contribution in [3.8, 4) is 0 Å². The molecule has 128 valence electrons. The van der Waals surface area contributed by atoms with Crippen LogP contribution in [0.1, 0.15) is 34.1 Å². The molecule has 1 aliphatic carbocycles. The fourth-order valence-electron chi connectivity index (χ4n) is 3.05. The van der Waals surface area contributed by atoms with Crippen LogP contribution in [0.3, 0.4) is 0 Å². The van der Waals surface area contributed by atoms with Crippen LogP contribution in [0, 0.1) is 11.8 Å². The number of nitrogens with zero attached hydrogens (tertiary/aromatic N) is 3. The Labute approximate surface area is 136 Å². The van der Waals surface area contributed by atoms with Gasteiger partial charge in [-0.05, 0) is 31.7 Å². The quantitative estimate of drug-likeness (QED) is 0.548. The van der Waals surface area contributed by atoms with Crippen molar-refractivity contribution in [2.45, 2.75) is 40.2 Å². The molecule has 0 aromatic rings. The molecule has 2 aliphatic rings. The van der Waals surface area contributed by atoms with Gasteiger partial charge >= 0.3 is 0 Å². The summed E-state index contributed by atoms with van der Waals surface area (Å²) in [7, 11) is 0. The molecule has 3 unspecified atom stereocenters. The molecule has 1 saturated heterocycles. The monoisotopic (exact) mass is 309 g/mol. The number of piperazine rings is 1. The van der Waals surface area contributed by atoms with Gasteiger partial charge < -0.3 is 20.4 Å². The second-order valence-electron chi connectivity index (χ2n) is 7.02. The van der Waals surface area contributed by atoms with Gasteiger partial charge in [0, 0.05) is 51.9 Å². The third-order valence-electron chi connectivity index (χ3n) is 4.82. The highest BCUT2D eigenvalue weighted by atomic mass is 15.3. The zero-order valence-corrected chi connectivity index (χ0v) is 14.9. The Balaban J connectivity index is 1.70. The smallest absolute Gasteiger partial charge is 0.191 e. The van der Waals surface area contributed by atoms with Crippen LogP contribution in [-0.4, -0.2) is 74.2 Å². The number of likely N-dealkylation sites (N-methyl/N-ethyl adjacent to an activating group) is 1. The van der Waals surface area contributed by atoms with Crippen molar-refractivity contribution in [1.82, 2.24) is 20.4 Å². The zero-order valence-electron chi connectivity index (χ0n) is 14.9. The maximum Gasteiger partial charge on any atom is 0.191 e. The second kappa shape index (κ2) is 8.73. The van der Waals surface area contributed by atoms with E-state index in [2.05, 4.69) is 48.1 Å². The average molecular weight is 310 g/mol. The van der Waals surface area contributed by atoms with Gasteiger partial charge in [0.25, 0.3) is 0 Å². The molecule has 2 N–H and O–H groups in total. The summed E-state index contributed by atoms with van der Waals surface area (Å²) in [5.74, 6) is 2.41. The summed E-state index contributed by atoms with van der Waals surface area (Å²) in [5, 5.41) is 6.90. The minimum absolute atomic E-state index is 0.611. The van der Waals surface area contributed by atoms with Crippen LogP contribution in [0.15, 0.2) is 4.99 Å². The molecule has 1 heterocycles. The summed E-state index contributed by atoms with van der Waals surface area (Å²) in [6.45, 7) is 18.0. The molecule has 0 spiro atoms. The largest absolute Gasteiger partial charge is 0.357 e. The van der Waals surface area contributed by atoms with Crippen LogP contribution in [0.25, 0.3) is 0 Å². The van der Waals surface area contributed by atoms with E-state index in [0.29, 0.717) is 12.0 Å². The van der Waals surface area contributed by atoms with Gasteiger partial charge in [0.1, 0.15) is 0 Å². The molecule has 0 amide bonds. The standard InChI is InChI=1S/C17H35N5/c1-5-18-17(20-16-11-15(16)4)19-12-14(3)13-22-9-7-21(6-2)8-10-22/h14-16H,5-13H2,1-4H3,(H2,18,19,20). The molecule has 1 aliphatic heterocycles. The predicted octanol–water partition coefficient (Wildman–Crippen LogP) is 1.22. The SMILES string of the molecule is CCNC(=NCC(C)CN1CCN(CC)CC1)NC1CC1C. The van der Waals surface area contributed by atoms with Crippen molar-refractivity contribution in [3.63, 3.8) is 0 Å². The molecule has 0 aromatic carbocycles. The van der Waals surface area contributed by atoms with Crippen molar-refractivity contribution in [2.75, 3.05) is 52.4 Å². The summed E-state index contributed by atoms with van der Waals surface area (Å²) >= 11 is 0. The minimum Gasteiger partial charge on any atom is -0.357 e. The topological polar surface area (TPSA) is 42.9 Å². The number of nitrogens with one attached hydrogen (secondary N) is 2. The summed E-state index contributed by atoms with van der Waals surface area (Å²) in [4.78, 5) is 9.91. The molecule has 1 saturated carbocycles. The maximum atomic E-state index is 4.78. The van der Waals surface area contributed by atoms with Crippen molar-refractivity contribution < 1.29 is 0 Å².